The number of carbonyl (C=O) groups is 1. The number of carbonyl (C=O) groups excluding carboxylic acids is 1. The van der Waals surface area contributed by atoms with E-state index in [1.54, 1.807) is 11.6 Å². The van der Waals surface area contributed by atoms with Gasteiger partial charge in [-0.1, -0.05) is 33.6 Å². The van der Waals surface area contributed by atoms with E-state index in [9.17, 15) is 4.79 Å². The molecule has 0 amide bonds. The fourth-order valence-electron chi connectivity index (χ4n) is 1.71. The molecule has 1 aromatic heterocycles. The van der Waals surface area contributed by atoms with Crippen molar-refractivity contribution in [2.75, 3.05) is 6.61 Å². The lowest BCUT2D eigenvalue weighted by molar-refractivity contribution is 0.0518. The highest BCUT2D eigenvalue weighted by Crippen LogP contribution is 2.16. The van der Waals surface area contributed by atoms with Gasteiger partial charge in [-0.15, -0.1) is 0 Å². The number of nitrogens with zero attached hydrogens (tertiary/aromatic N) is 2. The Balaban J connectivity index is 2.38. The lowest BCUT2D eigenvalue weighted by Crippen LogP contribution is -2.08. The van der Waals surface area contributed by atoms with Crippen LogP contribution < -0.4 is 0 Å². The van der Waals surface area contributed by atoms with Crippen molar-refractivity contribution in [3.8, 4) is 5.69 Å². The molecule has 5 heteroatoms. The lowest BCUT2D eigenvalue weighted by Gasteiger charge is -2.01. The van der Waals surface area contributed by atoms with Gasteiger partial charge in [-0.2, -0.15) is 5.10 Å². The molecule has 19 heavy (non-hydrogen) atoms. The molecule has 4 nitrogen and oxygen atoms in total. The zero-order valence-electron chi connectivity index (χ0n) is 10.9. The molecule has 0 radical (unpaired) electrons. The fraction of sp³-hybridized carbons (Fsp3) is 0.286. The van der Waals surface area contributed by atoms with Gasteiger partial charge in [0.2, 0.25) is 0 Å². The number of halogens is 1. The molecular weight excluding hydrogens is 308 g/mol. The highest BCUT2D eigenvalue weighted by Gasteiger charge is 2.17. The van der Waals surface area contributed by atoms with Crippen molar-refractivity contribution in [2.45, 2.75) is 19.2 Å². The van der Waals surface area contributed by atoms with Gasteiger partial charge in [0.15, 0.2) is 5.69 Å². The Morgan fingerprint density at radius 2 is 2.05 bits per heavy atom. The van der Waals surface area contributed by atoms with Gasteiger partial charge in [0.25, 0.3) is 0 Å². The first-order valence-corrected chi connectivity index (χ1v) is 7.16. The number of ether oxygens (including phenoxy) is 1. The molecule has 0 saturated carbocycles. The van der Waals surface area contributed by atoms with Gasteiger partial charge < -0.3 is 4.74 Å². The first-order valence-electron chi connectivity index (χ1n) is 6.04. The lowest BCUT2D eigenvalue weighted by atomic mass is 10.2. The summed E-state index contributed by atoms with van der Waals surface area (Å²) >= 11 is 3.36. The molecule has 0 aliphatic rings. The van der Waals surface area contributed by atoms with Crippen molar-refractivity contribution < 1.29 is 9.53 Å². The van der Waals surface area contributed by atoms with Crippen LogP contribution in [0.5, 0.6) is 0 Å². The highest BCUT2D eigenvalue weighted by molar-refractivity contribution is 9.08. The van der Waals surface area contributed by atoms with E-state index in [0.717, 1.165) is 11.3 Å². The summed E-state index contributed by atoms with van der Waals surface area (Å²) in [5.41, 5.74) is 3.28. The van der Waals surface area contributed by atoms with Gasteiger partial charge in [0.1, 0.15) is 0 Å². The van der Waals surface area contributed by atoms with Crippen molar-refractivity contribution in [3.63, 3.8) is 0 Å². The Morgan fingerprint density at radius 1 is 1.37 bits per heavy atom. The average molecular weight is 323 g/mol. The minimum Gasteiger partial charge on any atom is -0.461 e. The Bertz CT molecular complexity index is 576. The fourth-order valence-corrected chi connectivity index (χ4v) is 2.12. The van der Waals surface area contributed by atoms with Gasteiger partial charge in [-0.3, -0.25) is 0 Å². The number of hydrogen-bond donors (Lipinski definition) is 0. The minimum atomic E-state index is -0.386. The molecule has 0 atom stereocenters. The van der Waals surface area contributed by atoms with Crippen LogP contribution in [0.2, 0.25) is 0 Å². The van der Waals surface area contributed by atoms with Crippen molar-refractivity contribution in [1.29, 1.82) is 0 Å². The summed E-state index contributed by atoms with van der Waals surface area (Å²) in [6, 6.07) is 7.95. The number of rotatable bonds is 4. The van der Waals surface area contributed by atoms with Crippen LogP contribution in [0, 0.1) is 6.92 Å². The molecule has 0 saturated heterocycles. The average Bonchev–Trinajstić information content (AvgIpc) is 2.84. The maximum atomic E-state index is 11.8. The van der Waals surface area contributed by atoms with Gasteiger partial charge >= 0.3 is 5.97 Å². The second kappa shape index (κ2) is 6.02. The molecule has 0 unspecified atom stereocenters. The van der Waals surface area contributed by atoms with Gasteiger partial charge in [0, 0.05) is 17.1 Å². The van der Waals surface area contributed by atoms with E-state index in [1.807, 2.05) is 37.4 Å². The molecule has 1 heterocycles. The summed E-state index contributed by atoms with van der Waals surface area (Å²) < 4.78 is 6.70. The number of benzene rings is 1. The molecular formula is C14H15BrN2O2. The summed E-state index contributed by atoms with van der Waals surface area (Å²) in [5.74, 6) is -0.386. The van der Waals surface area contributed by atoms with E-state index < -0.39 is 0 Å². The largest absolute Gasteiger partial charge is 0.461 e. The van der Waals surface area contributed by atoms with Crippen molar-refractivity contribution in [1.82, 2.24) is 9.78 Å². The van der Waals surface area contributed by atoms with Crippen LogP contribution in [0.1, 0.15) is 28.5 Å². The third-order valence-electron chi connectivity index (χ3n) is 2.70. The molecule has 0 bridgehead atoms. The summed E-state index contributed by atoms with van der Waals surface area (Å²) in [5, 5.41) is 4.87. The summed E-state index contributed by atoms with van der Waals surface area (Å²) in [6.45, 7) is 4.15. The van der Waals surface area contributed by atoms with Gasteiger partial charge in [-0.05, 0) is 26.0 Å². The number of aryl methyl sites for hydroxylation is 1. The van der Waals surface area contributed by atoms with E-state index in [4.69, 9.17) is 4.74 Å². The molecule has 100 valence electrons. The zero-order chi connectivity index (χ0) is 13.8. The summed E-state index contributed by atoms with van der Waals surface area (Å²) in [4.78, 5) is 11.8. The number of esters is 1. The molecule has 0 spiro atoms. The van der Waals surface area contributed by atoms with Crippen LogP contribution >= 0.6 is 15.9 Å². The third-order valence-corrected chi connectivity index (χ3v) is 3.31. The standard InChI is InChI=1S/C14H15BrN2O2/c1-3-19-14(18)13-11(8-15)9-17(16-13)12-6-4-10(2)5-7-12/h4-7,9H,3,8H2,1-2H3. The molecule has 2 aromatic rings. The molecule has 0 fully saturated rings. The monoisotopic (exact) mass is 322 g/mol. The number of aromatic nitrogens is 2. The second-order valence-corrected chi connectivity index (χ2v) is 4.70. The summed E-state index contributed by atoms with van der Waals surface area (Å²) in [6.07, 6.45) is 1.84. The molecule has 2 rings (SSSR count). The first-order chi connectivity index (χ1) is 9.15. The Kier molecular flexibility index (Phi) is 4.37. The Hall–Kier alpha value is -1.62. The smallest absolute Gasteiger partial charge is 0.359 e. The third kappa shape index (κ3) is 3.04. The van der Waals surface area contributed by atoms with E-state index in [1.165, 1.54) is 5.56 Å². The highest BCUT2D eigenvalue weighted by atomic mass is 79.9. The topological polar surface area (TPSA) is 44.1 Å². The normalized spacial score (nSPS) is 10.5. The Labute approximate surface area is 120 Å². The molecule has 0 N–H and O–H groups in total. The molecule has 0 aliphatic carbocycles. The second-order valence-electron chi connectivity index (χ2n) is 4.14. The SMILES string of the molecule is CCOC(=O)c1nn(-c2ccc(C)cc2)cc1CBr. The van der Waals surface area contributed by atoms with Crippen LogP contribution in [0.25, 0.3) is 5.69 Å². The molecule has 0 aliphatic heterocycles. The quantitative estimate of drug-likeness (QED) is 0.641. The van der Waals surface area contributed by atoms with E-state index in [-0.39, 0.29) is 5.97 Å². The predicted octanol–water partition coefficient (Wildman–Crippen LogP) is 3.25. The maximum absolute atomic E-state index is 11.8. The molecule has 1 aromatic carbocycles. The van der Waals surface area contributed by atoms with E-state index in [0.29, 0.717) is 17.6 Å². The van der Waals surface area contributed by atoms with E-state index in [2.05, 4.69) is 21.0 Å². The van der Waals surface area contributed by atoms with Gasteiger partial charge in [0.05, 0.1) is 12.3 Å². The van der Waals surface area contributed by atoms with Crippen molar-refractivity contribution >= 4 is 21.9 Å². The number of alkyl halides is 1. The first kappa shape index (κ1) is 13.8. The van der Waals surface area contributed by atoms with Crippen LogP contribution in [0.3, 0.4) is 0 Å². The zero-order valence-corrected chi connectivity index (χ0v) is 12.5. The van der Waals surface area contributed by atoms with Crippen molar-refractivity contribution in [2.24, 2.45) is 0 Å². The van der Waals surface area contributed by atoms with Crippen LogP contribution in [0.15, 0.2) is 30.5 Å². The predicted molar refractivity (Wildman–Crippen MR) is 76.9 cm³/mol. The van der Waals surface area contributed by atoms with Crippen LogP contribution in [-0.4, -0.2) is 22.4 Å². The maximum Gasteiger partial charge on any atom is 0.359 e. The summed E-state index contributed by atoms with van der Waals surface area (Å²) in [7, 11) is 0. The van der Waals surface area contributed by atoms with E-state index >= 15 is 0 Å². The van der Waals surface area contributed by atoms with Gasteiger partial charge in [-0.25, -0.2) is 9.48 Å². The van der Waals surface area contributed by atoms with Crippen molar-refractivity contribution in [3.05, 3.63) is 47.3 Å². The minimum absolute atomic E-state index is 0.345. The number of hydrogen-bond acceptors (Lipinski definition) is 3. The van der Waals surface area contributed by atoms with Crippen LogP contribution in [-0.2, 0) is 10.1 Å². The Morgan fingerprint density at radius 3 is 2.63 bits per heavy atom. The van der Waals surface area contributed by atoms with Crippen LogP contribution in [0.4, 0.5) is 0 Å².